The molecule has 4 aliphatic rings. The molecule has 1 saturated heterocycles. The Morgan fingerprint density at radius 3 is 2.22 bits per heavy atom. The van der Waals surface area contributed by atoms with Crippen molar-refractivity contribution in [3.05, 3.63) is 82.9 Å². The number of esters is 2. The average Bonchev–Trinajstić information content (AvgIpc) is 3.05. The minimum absolute atomic E-state index is 0.0478. The number of carbonyl (C=O) groups excluding carboxylic acids is 4. The molecule has 0 unspecified atom stereocenters. The third kappa shape index (κ3) is 5.77. The summed E-state index contributed by atoms with van der Waals surface area (Å²) in [5.41, 5.74) is -2.17. The molecule has 0 radical (unpaired) electrons. The highest BCUT2D eigenvalue weighted by Crippen LogP contribution is 2.64. The van der Waals surface area contributed by atoms with E-state index in [1.807, 2.05) is 50.2 Å². The normalized spacial score (nSPS) is 35.4. The highest BCUT2D eigenvalue weighted by molar-refractivity contribution is 5.97. The zero-order valence-electron chi connectivity index (χ0n) is 29.2. The van der Waals surface area contributed by atoms with Gasteiger partial charge in [0, 0.05) is 49.0 Å². The molecule has 3 aliphatic carbocycles. The highest BCUT2D eigenvalue weighted by Gasteiger charge is 2.71. The number of Topliss-reactive ketones (excluding diaryl/α,β-unsaturated/α-hetero) is 2. The van der Waals surface area contributed by atoms with Crippen LogP contribution in [0.15, 0.2) is 71.8 Å². The first kappa shape index (κ1) is 35.2. The second kappa shape index (κ2) is 12.9. The molecule has 0 spiro atoms. The van der Waals surface area contributed by atoms with Crippen LogP contribution in [0.2, 0.25) is 0 Å². The van der Waals surface area contributed by atoms with E-state index in [0.717, 1.165) is 5.56 Å². The molecule has 10 atom stereocenters. The van der Waals surface area contributed by atoms with E-state index in [2.05, 4.69) is 0 Å². The van der Waals surface area contributed by atoms with Gasteiger partial charge in [0.15, 0.2) is 17.7 Å². The molecule has 49 heavy (non-hydrogen) atoms. The fourth-order valence-corrected chi connectivity index (χ4v) is 9.50. The van der Waals surface area contributed by atoms with Crippen molar-refractivity contribution in [2.45, 2.75) is 97.2 Å². The van der Waals surface area contributed by atoms with E-state index in [4.69, 9.17) is 14.2 Å². The quantitative estimate of drug-likeness (QED) is 0.224. The Morgan fingerprint density at radius 2 is 1.63 bits per heavy atom. The number of aliphatic hydroxyl groups excluding tert-OH is 1. The van der Waals surface area contributed by atoms with Gasteiger partial charge in [-0.2, -0.15) is 0 Å². The van der Waals surface area contributed by atoms with Gasteiger partial charge in [0.2, 0.25) is 0 Å². The number of carbonyl (C=O) groups is 4. The Hall–Kier alpha value is -3.66. The van der Waals surface area contributed by atoms with Crippen LogP contribution < -0.4 is 0 Å². The van der Waals surface area contributed by atoms with Crippen molar-refractivity contribution in [2.24, 2.45) is 34.5 Å². The Kier molecular flexibility index (Phi) is 9.26. The van der Waals surface area contributed by atoms with Gasteiger partial charge in [-0.25, -0.2) is 0 Å². The molecule has 2 aromatic rings. The number of benzene rings is 2. The van der Waals surface area contributed by atoms with Crippen LogP contribution in [0.1, 0.15) is 76.7 Å². The van der Waals surface area contributed by atoms with Crippen LogP contribution in [0.5, 0.6) is 0 Å². The Balaban J connectivity index is 1.51. The molecule has 2 saturated carbocycles. The summed E-state index contributed by atoms with van der Waals surface area (Å²) >= 11 is 0. The lowest BCUT2D eigenvalue weighted by atomic mass is 9.43. The second-order valence-corrected chi connectivity index (χ2v) is 15.4. The smallest absolute Gasteiger partial charge is 0.309 e. The molecule has 6 rings (SSSR count). The van der Waals surface area contributed by atoms with Crippen molar-refractivity contribution in [2.75, 3.05) is 6.61 Å². The molecule has 1 heterocycles. The van der Waals surface area contributed by atoms with Crippen LogP contribution in [0.25, 0.3) is 0 Å². The summed E-state index contributed by atoms with van der Waals surface area (Å²) in [5.74, 6) is -4.20. The van der Waals surface area contributed by atoms with Crippen LogP contribution >= 0.6 is 0 Å². The molecule has 2 N–H and O–H groups in total. The number of ketones is 2. The van der Waals surface area contributed by atoms with Gasteiger partial charge in [0.05, 0.1) is 35.7 Å². The molecular formula is C40H48O9. The summed E-state index contributed by atoms with van der Waals surface area (Å²) in [6, 6.07) is 18.4. The summed E-state index contributed by atoms with van der Waals surface area (Å²) in [6.07, 6.45) is -3.48. The van der Waals surface area contributed by atoms with Gasteiger partial charge >= 0.3 is 11.9 Å². The van der Waals surface area contributed by atoms with Crippen molar-refractivity contribution in [3.8, 4) is 0 Å². The van der Waals surface area contributed by atoms with Gasteiger partial charge in [-0.1, -0.05) is 81.4 Å². The molecule has 2 bridgehead atoms. The second-order valence-electron chi connectivity index (χ2n) is 15.4. The van der Waals surface area contributed by atoms with Crippen LogP contribution in [0, 0.1) is 34.5 Å². The van der Waals surface area contributed by atoms with Gasteiger partial charge in [-0.3, -0.25) is 19.2 Å². The molecular weight excluding hydrogens is 624 g/mol. The first-order valence-electron chi connectivity index (χ1n) is 17.4. The number of hydrogen-bond acceptors (Lipinski definition) is 9. The zero-order chi connectivity index (χ0) is 35.5. The molecule has 0 aromatic heterocycles. The van der Waals surface area contributed by atoms with E-state index in [-0.39, 0.29) is 37.1 Å². The lowest BCUT2D eigenvalue weighted by molar-refractivity contribution is -0.263. The van der Waals surface area contributed by atoms with Crippen molar-refractivity contribution in [1.29, 1.82) is 0 Å². The highest BCUT2D eigenvalue weighted by atomic mass is 16.6. The Labute approximate surface area is 288 Å². The van der Waals surface area contributed by atoms with Gasteiger partial charge in [-0.15, -0.1) is 0 Å². The Morgan fingerprint density at radius 1 is 1.00 bits per heavy atom. The lowest BCUT2D eigenvalue weighted by Gasteiger charge is -2.65. The van der Waals surface area contributed by atoms with E-state index >= 15 is 4.79 Å². The molecule has 262 valence electrons. The maximum Gasteiger partial charge on any atom is 0.309 e. The predicted molar refractivity (Wildman–Crippen MR) is 180 cm³/mol. The van der Waals surface area contributed by atoms with Crippen LogP contribution in [0.4, 0.5) is 0 Å². The summed E-state index contributed by atoms with van der Waals surface area (Å²) in [6.45, 7) is 10.4. The van der Waals surface area contributed by atoms with Gasteiger partial charge < -0.3 is 24.4 Å². The third-order valence-corrected chi connectivity index (χ3v) is 12.4. The molecule has 0 amide bonds. The fourth-order valence-electron chi connectivity index (χ4n) is 9.50. The van der Waals surface area contributed by atoms with Crippen molar-refractivity contribution < 1.29 is 43.6 Å². The third-order valence-electron chi connectivity index (χ3n) is 12.4. The van der Waals surface area contributed by atoms with E-state index < -0.39 is 70.2 Å². The van der Waals surface area contributed by atoms with Crippen molar-refractivity contribution in [3.63, 3.8) is 0 Å². The topological polar surface area (TPSA) is 136 Å². The number of hydrogen-bond donors (Lipinski definition) is 2. The van der Waals surface area contributed by atoms with E-state index in [1.54, 1.807) is 45.0 Å². The molecule has 2 aromatic carbocycles. The summed E-state index contributed by atoms with van der Waals surface area (Å²) in [4.78, 5) is 55.6. The number of ether oxygens (including phenoxy) is 3. The zero-order valence-corrected chi connectivity index (χ0v) is 29.2. The van der Waals surface area contributed by atoms with Gasteiger partial charge in [0.25, 0.3) is 0 Å². The summed E-state index contributed by atoms with van der Waals surface area (Å²) in [5, 5.41) is 25.2. The maximum absolute atomic E-state index is 15.1. The average molecular weight is 673 g/mol. The van der Waals surface area contributed by atoms with Crippen LogP contribution in [-0.4, -0.2) is 70.3 Å². The minimum Gasteiger partial charge on any atom is -0.458 e. The first-order valence-corrected chi connectivity index (χ1v) is 17.4. The number of rotatable bonds is 8. The van der Waals surface area contributed by atoms with Crippen LogP contribution in [-0.2, 0) is 35.0 Å². The van der Waals surface area contributed by atoms with Crippen LogP contribution in [0.3, 0.4) is 0 Å². The number of fused-ring (bicyclic) bond motifs is 5. The summed E-state index contributed by atoms with van der Waals surface area (Å²) in [7, 11) is 0. The molecule has 9 heteroatoms. The van der Waals surface area contributed by atoms with Gasteiger partial charge in [0.1, 0.15) is 6.10 Å². The standard InChI is InChI=1S/C40H48O9/c1-22(17-25-13-9-7-10-14-25)37(45)49-31-20-40(46)28(18-29(42)26-15-11-8-12-16-26)34-27-21-47-30(27)19-32(43)39(34,6)36(44)35(48-24(3)41)33(23(31)2)38(40,4)5/h7-16,22,27-28,30-32,34-35,43,46H,17-21H2,1-6H3/t22-,27-,28+,30-,31+,32+,34+,35-,39-,40-/m1/s1. The first-order chi connectivity index (χ1) is 23.1. The maximum atomic E-state index is 15.1. The van der Waals surface area contributed by atoms with E-state index in [9.17, 15) is 24.6 Å². The number of aliphatic hydroxyl groups is 2. The fraction of sp³-hybridized carbons (Fsp3) is 0.550. The molecule has 1 aliphatic heterocycles. The van der Waals surface area contributed by atoms with Crippen molar-refractivity contribution >= 4 is 23.5 Å². The molecule has 9 nitrogen and oxygen atoms in total. The van der Waals surface area contributed by atoms with E-state index in [0.29, 0.717) is 29.7 Å². The predicted octanol–water partition coefficient (Wildman–Crippen LogP) is 5.06. The van der Waals surface area contributed by atoms with Crippen molar-refractivity contribution in [1.82, 2.24) is 0 Å². The monoisotopic (exact) mass is 672 g/mol. The largest absolute Gasteiger partial charge is 0.458 e. The summed E-state index contributed by atoms with van der Waals surface area (Å²) < 4.78 is 18.0. The minimum atomic E-state index is -1.75. The van der Waals surface area contributed by atoms with E-state index in [1.165, 1.54) is 6.92 Å². The molecule has 3 fully saturated rings. The van der Waals surface area contributed by atoms with Gasteiger partial charge in [-0.05, 0) is 42.9 Å². The lowest BCUT2D eigenvalue weighted by Crippen LogP contribution is -2.72. The SMILES string of the molecule is CC(=O)O[C@H]1C(=O)[C@@]2(C)[C@@H]([C@@H]3CO[C@@H]3C[C@@H]2O)[C@H](CC(=O)c2ccccc2)[C@]2(O)C[C@H](OC(=O)[C@H](C)Cc3ccccc3)C(C)=C1C2(C)C. The Bertz CT molecular complexity index is 1650.